The van der Waals surface area contributed by atoms with Crippen LogP contribution in [0, 0.1) is 6.92 Å². The summed E-state index contributed by atoms with van der Waals surface area (Å²) < 4.78 is 0. The number of rotatable bonds is 4. The second-order valence-corrected chi connectivity index (χ2v) is 5.59. The molecule has 0 aromatic heterocycles. The van der Waals surface area contributed by atoms with E-state index in [1.165, 1.54) is 24.0 Å². The summed E-state index contributed by atoms with van der Waals surface area (Å²) in [6.45, 7) is 6.63. The van der Waals surface area contributed by atoms with Crippen LogP contribution in [0.25, 0.3) is 0 Å². The van der Waals surface area contributed by atoms with Gasteiger partial charge in [0.1, 0.15) is 0 Å². The fourth-order valence-corrected chi connectivity index (χ4v) is 2.89. The van der Waals surface area contributed by atoms with Gasteiger partial charge in [0.2, 0.25) is 0 Å². The minimum Gasteiger partial charge on any atom is -0.393 e. The Morgan fingerprint density at radius 3 is 2.83 bits per heavy atom. The first-order valence-corrected chi connectivity index (χ1v) is 7.13. The van der Waals surface area contributed by atoms with Crippen molar-refractivity contribution >= 4 is 0 Å². The quantitative estimate of drug-likeness (QED) is 0.884. The topological polar surface area (TPSA) is 23.5 Å². The molecular weight excluding hydrogens is 222 g/mol. The molecule has 1 saturated heterocycles. The SMILES string of the molecule is Cc1ccccc1CCCN1CC[C@@H](O)C[C@@H]1C. The van der Waals surface area contributed by atoms with Crippen molar-refractivity contribution in [2.24, 2.45) is 0 Å². The molecule has 0 bridgehead atoms. The van der Waals surface area contributed by atoms with Crippen LogP contribution in [0.1, 0.15) is 37.3 Å². The molecule has 2 rings (SSSR count). The lowest BCUT2D eigenvalue weighted by atomic mass is 9.99. The van der Waals surface area contributed by atoms with E-state index in [9.17, 15) is 5.11 Å². The predicted molar refractivity (Wildman–Crippen MR) is 75.8 cm³/mol. The number of piperidine rings is 1. The highest BCUT2D eigenvalue weighted by Gasteiger charge is 2.23. The van der Waals surface area contributed by atoms with Crippen molar-refractivity contribution in [3.63, 3.8) is 0 Å². The van der Waals surface area contributed by atoms with E-state index in [4.69, 9.17) is 0 Å². The number of aliphatic hydroxyl groups excluding tert-OH is 1. The van der Waals surface area contributed by atoms with Gasteiger partial charge in [-0.2, -0.15) is 0 Å². The largest absolute Gasteiger partial charge is 0.393 e. The Morgan fingerprint density at radius 2 is 2.11 bits per heavy atom. The average molecular weight is 247 g/mol. The summed E-state index contributed by atoms with van der Waals surface area (Å²) in [5.41, 5.74) is 2.88. The normalized spacial score (nSPS) is 25.3. The predicted octanol–water partition coefficient (Wildman–Crippen LogP) is 2.77. The molecular formula is C16H25NO. The number of nitrogens with zero attached hydrogens (tertiary/aromatic N) is 1. The summed E-state index contributed by atoms with van der Waals surface area (Å²) >= 11 is 0. The van der Waals surface area contributed by atoms with Crippen molar-refractivity contribution in [1.29, 1.82) is 0 Å². The van der Waals surface area contributed by atoms with Crippen LogP contribution < -0.4 is 0 Å². The zero-order chi connectivity index (χ0) is 13.0. The number of hydrogen-bond donors (Lipinski definition) is 1. The molecule has 1 aromatic carbocycles. The number of likely N-dealkylation sites (tertiary alicyclic amines) is 1. The lowest BCUT2D eigenvalue weighted by Crippen LogP contribution is -2.43. The van der Waals surface area contributed by atoms with Gasteiger partial charge in [-0.15, -0.1) is 0 Å². The Bertz CT molecular complexity index is 377. The Morgan fingerprint density at radius 1 is 1.33 bits per heavy atom. The minimum atomic E-state index is -0.0763. The van der Waals surface area contributed by atoms with Crippen LogP contribution in [0.2, 0.25) is 0 Å². The summed E-state index contributed by atoms with van der Waals surface area (Å²) in [7, 11) is 0. The van der Waals surface area contributed by atoms with Crippen LogP contribution in [-0.4, -0.2) is 35.2 Å². The summed E-state index contributed by atoms with van der Waals surface area (Å²) in [5, 5.41) is 9.61. The van der Waals surface area contributed by atoms with Crippen molar-refractivity contribution in [3.8, 4) is 0 Å². The molecule has 2 atom stereocenters. The molecule has 100 valence electrons. The van der Waals surface area contributed by atoms with Crippen molar-refractivity contribution < 1.29 is 5.11 Å². The third kappa shape index (κ3) is 3.56. The van der Waals surface area contributed by atoms with Gasteiger partial charge in [-0.05, 0) is 57.2 Å². The van der Waals surface area contributed by atoms with Gasteiger partial charge in [0.05, 0.1) is 6.10 Å². The van der Waals surface area contributed by atoms with Gasteiger partial charge in [-0.25, -0.2) is 0 Å². The Labute approximate surface area is 111 Å². The van der Waals surface area contributed by atoms with Gasteiger partial charge in [-0.1, -0.05) is 24.3 Å². The van der Waals surface area contributed by atoms with Crippen LogP contribution >= 0.6 is 0 Å². The van der Waals surface area contributed by atoms with E-state index in [1.54, 1.807) is 0 Å². The van der Waals surface area contributed by atoms with Crippen LogP contribution in [0.5, 0.6) is 0 Å². The summed E-state index contributed by atoms with van der Waals surface area (Å²) in [5.74, 6) is 0. The number of aliphatic hydroxyl groups is 1. The highest BCUT2D eigenvalue weighted by atomic mass is 16.3. The minimum absolute atomic E-state index is 0.0763. The molecule has 0 saturated carbocycles. The van der Waals surface area contributed by atoms with Gasteiger partial charge >= 0.3 is 0 Å². The van der Waals surface area contributed by atoms with E-state index < -0.39 is 0 Å². The van der Waals surface area contributed by atoms with E-state index in [2.05, 4.69) is 43.0 Å². The molecule has 2 heteroatoms. The molecule has 1 N–H and O–H groups in total. The zero-order valence-electron chi connectivity index (χ0n) is 11.6. The molecule has 18 heavy (non-hydrogen) atoms. The lowest BCUT2D eigenvalue weighted by Gasteiger charge is -2.35. The molecule has 1 heterocycles. The van der Waals surface area contributed by atoms with Crippen molar-refractivity contribution in [2.45, 2.75) is 51.7 Å². The second-order valence-electron chi connectivity index (χ2n) is 5.59. The van der Waals surface area contributed by atoms with Crippen LogP contribution in [-0.2, 0) is 6.42 Å². The van der Waals surface area contributed by atoms with E-state index in [0.29, 0.717) is 6.04 Å². The summed E-state index contributed by atoms with van der Waals surface area (Å²) in [4.78, 5) is 2.52. The summed E-state index contributed by atoms with van der Waals surface area (Å²) in [6, 6.07) is 9.19. The highest BCUT2D eigenvalue weighted by molar-refractivity contribution is 5.25. The van der Waals surface area contributed by atoms with Gasteiger partial charge < -0.3 is 10.0 Å². The third-order valence-corrected chi connectivity index (χ3v) is 4.14. The maximum Gasteiger partial charge on any atom is 0.0567 e. The molecule has 1 aromatic rings. The monoisotopic (exact) mass is 247 g/mol. The summed E-state index contributed by atoms with van der Waals surface area (Å²) in [6.07, 6.45) is 4.18. The van der Waals surface area contributed by atoms with Gasteiger partial charge in [0.25, 0.3) is 0 Å². The molecule has 0 spiro atoms. The van der Waals surface area contributed by atoms with Crippen LogP contribution in [0.4, 0.5) is 0 Å². The molecule has 1 fully saturated rings. The first-order valence-electron chi connectivity index (χ1n) is 7.13. The van der Waals surface area contributed by atoms with Crippen molar-refractivity contribution in [1.82, 2.24) is 4.90 Å². The standard InChI is InChI=1S/C16H25NO/c1-13-6-3-4-7-15(13)8-5-10-17-11-9-16(18)12-14(17)2/h3-4,6-7,14,16,18H,5,8-12H2,1-2H3/t14-,16+/m0/s1. The van der Waals surface area contributed by atoms with Gasteiger partial charge in [-0.3, -0.25) is 0 Å². The fraction of sp³-hybridized carbons (Fsp3) is 0.625. The molecule has 0 unspecified atom stereocenters. The first-order chi connectivity index (χ1) is 8.66. The molecule has 0 aliphatic carbocycles. The molecule has 0 radical (unpaired) electrons. The molecule has 2 nitrogen and oxygen atoms in total. The fourth-order valence-electron chi connectivity index (χ4n) is 2.89. The Hall–Kier alpha value is -0.860. The maximum absolute atomic E-state index is 9.61. The van der Waals surface area contributed by atoms with E-state index >= 15 is 0 Å². The third-order valence-electron chi connectivity index (χ3n) is 4.14. The first kappa shape index (κ1) is 13.6. The zero-order valence-corrected chi connectivity index (χ0v) is 11.6. The lowest BCUT2D eigenvalue weighted by molar-refractivity contribution is 0.0479. The van der Waals surface area contributed by atoms with Crippen LogP contribution in [0.15, 0.2) is 24.3 Å². The molecule has 1 aliphatic heterocycles. The maximum atomic E-state index is 9.61. The van der Waals surface area contributed by atoms with Gasteiger partial charge in [0, 0.05) is 12.6 Å². The van der Waals surface area contributed by atoms with E-state index in [1.807, 2.05) is 0 Å². The van der Waals surface area contributed by atoms with Gasteiger partial charge in [0.15, 0.2) is 0 Å². The van der Waals surface area contributed by atoms with Crippen molar-refractivity contribution in [2.75, 3.05) is 13.1 Å². The van der Waals surface area contributed by atoms with E-state index in [0.717, 1.165) is 25.9 Å². The smallest absolute Gasteiger partial charge is 0.0567 e. The number of hydrogen-bond acceptors (Lipinski definition) is 2. The molecule has 1 aliphatic rings. The van der Waals surface area contributed by atoms with Crippen LogP contribution in [0.3, 0.4) is 0 Å². The van der Waals surface area contributed by atoms with E-state index in [-0.39, 0.29) is 6.10 Å². The second kappa shape index (κ2) is 6.35. The number of aryl methyl sites for hydroxylation is 2. The average Bonchev–Trinajstić information content (AvgIpc) is 2.34. The number of benzene rings is 1. The Kier molecular flexibility index (Phi) is 4.79. The van der Waals surface area contributed by atoms with Crippen molar-refractivity contribution in [3.05, 3.63) is 35.4 Å². The molecule has 0 amide bonds. The highest BCUT2D eigenvalue weighted by Crippen LogP contribution is 2.18. The Balaban J connectivity index is 1.77.